The van der Waals surface area contributed by atoms with Crippen LogP contribution in [-0.2, 0) is 14.3 Å². The number of hydrogen-bond donors (Lipinski definition) is 3. The topological polar surface area (TPSA) is 91.3 Å². The van der Waals surface area contributed by atoms with Crippen molar-refractivity contribution in [2.45, 2.75) is 101 Å². The molecule has 1 amide bonds. The van der Waals surface area contributed by atoms with Crippen molar-refractivity contribution in [2.75, 3.05) is 32.9 Å². The molecule has 0 aromatic heterocycles. The molecule has 0 aromatic carbocycles. The molecule has 188 valence electrons. The molecule has 5 rings (SSSR count). The molecule has 2 aliphatic heterocycles. The van der Waals surface area contributed by atoms with Crippen LogP contribution in [0.25, 0.3) is 0 Å². The molecule has 7 nitrogen and oxygen atoms in total. The molecule has 5 fully saturated rings. The van der Waals surface area contributed by atoms with Gasteiger partial charge in [0.25, 0.3) is 0 Å². The third-order valence-corrected chi connectivity index (χ3v) is 9.18. The molecule has 3 saturated carbocycles. The molecular weight excluding hydrogens is 420 g/mol. The summed E-state index contributed by atoms with van der Waals surface area (Å²) in [6, 6.07) is 0.891. The maximum Gasteiger partial charge on any atom is 0.230 e. The van der Waals surface area contributed by atoms with Gasteiger partial charge in [-0.15, -0.1) is 0 Å². The number of likely N-dealkylation sites (tertiary alicyclic amines) is 1. The SMILES string of the molecule is O=C(C1C(O)CC(O)CC1OCC1CCCCC1)N1CC2CCCC(NC3CCOC3)C2C1. The fraction of sp³-hybridized carbons (Fsp3) is 0.962. The zero-order valence-electron chi connectivity index (χ0n) is 20.1. The first-order valence-electron chi connectivity index (χ1n) is 13.7. The Bertz CT molecular complexity index is 651. The average molecular weight is 465 g/mol. The largest absolute Gasteiger partial charge is 0.393 e. The first-order chi connectivity index (χ1) is 16.1. The van der Waals surface area contributed by atoms with Gasteiger partial charge in [-0.1, -0.05) is 25.7 Å². The van der Waals surface area contributed by atoms with Crippen molar-refractivity contribution in [1.29, 1.82) is 0 Å². The lowest BCUT2D eigenvalue weighted by atomic mass is 9.78. The Morgan fingerprint density at radius 1 is 1.00 bits per heavy atom. The third-order valence-electron chi connectivity index (χ3n) is 9.18. The summed E-state index contributed by atoms with van der Waals surface area (Å²) in [5.74, 6) is 1.06. The molecule has 2 heterocycles. The standard InChI is InChI=1S/C26H44N2O5/c29-20-11-23(30)25(24(12-20)33-15-17-5-2-1-3-6-17)26(31)28-13-18-7-4-8-22(21(18)14-28)27-19-9-10-32-16-19/h17-25,27,29-30H,1-16H2. The van der Waals surface area contributed by atoms with E-state index in [1.165, 1.54) is 51.4 Å². The van der Waals surface area contributed by atoms with Gasteiger partial charge in [-0.3, -0.25) is 4.79 Å². The van der Waals surface area contributed by atoms with Crippen molar-refractivity contribution < 1.29 is 24.5 Å². The predicted octanol–water partition coefficient (Wildman–Crippen LogP) is 2.09. The molecule has 0 spiro atoms. The van der Waals surface area contributed by atoms with Crippen molar-refractivity contribution in [3.05, 3.63) is 0 Å². The number of ether oxygens (including phenoxy) is 2. The average Bonchev–Trinajstić information content (AvgIpc) is 3.48. The minimum atomic E-state index is -0.829. The van der Waals surface area contributed by atoms with E-state index in [9.17, 15) is 15.0 Å². The number of carbonyl (C=O) groups is 1. The second-order valence-corrected chi connectivity index (χ2v) is 11.5. The molecule has 8 atom stereocenters. The summed E-state index contributed by atoms with van der Waals surface area (Å²) in [5, 5.41) is 25.0. The molecule has 0 aromatic rings. The Morgan fingerprint density at radius 3 is 2.64 bits per heavy atom. The number of rotatable bonds is 6. The second-order valence-electron chi connectivity index (χ2n) is 11.5. The van der Waals surface area contributed by atoms with E-state index < -0.39 is 18.1 Å². The quantitative estimate of drug-likeness (QED) is 0.558. The summed E-state index contributed by atoms with van der Waals surface area (Å²) in [6.45, 7) is 3.86. The Balaban J connectivity index is 1.22. The van der Waals surface area contributed by atoms with E-state index >= 15 is 0 Å². The first-order valence-corrected chi connectivity index (χ1v) is 13.7. The monoisotopic (exact) mass is 464 g/mol. The summed E-state index contributed by atoms with van der Waals surface area (Å²) in [5.41, 5.74) is 0. The van der Waals surface area contributed by atoms with E-state index in [0.717, 1.165) is 32.7 Å². The Labute approximate surface area is 198 Å². The highest BCUT2D eigenvalue weighted by Gasteiger charge is 2.48. The molecule has 8 unspecified atom stereocenters. The van der Waals surface area contributed by atoms with Crippen LogP contribution in [0.5, 0.6) is 0 Å². The predicted molar refractivity (Wildman–Crippen MR) is 125 cm³/mol. The molecular formula is C26H44N2O5. The number of carbonyl (C=O) groups excluding carboxylic acids is 1. The lowest BCUT2D eigenvalue weighted by Crippen LogP contribution is -2.52. The van der Waals surface area contributed by atoms with E-state index in [0.29, 0.717) is 42.9 Å². The van der Waals surface area contributed by atoms with Gasteiger partial charge >= 0.3 is 0 Å². The molecule has 3 N–H and O–H groups in total. The summed E-state index contributed by atoms with van der Waals surface area (Å²) in [6.07, 6.45) is 9.74. The lowest BCUT2D eigenvalue weighted by Gasteiger charge is -2.39. The number of nitrogens with one attached hydrogen (secondary N) is 1. The maximum absolute atomic E-state index is 13.7. The van der Waals surface area contributed by atoms with Crippen LogP contribution in [0.4, 0.5) is 0 Å². The van der Waals surface area contributed by atoms with Crippen LogP contribution in [0.3, 0.4) is 0 Å². The Hall–Kier alpha value is -0.730. The van der Waals surface area contributed by atoms with Crippen molar-refractivity contribution >= 4 is 5.91 Å². The van der Waals surface area contributed by atoms with E-state index in [2.05, 4.69) is 5.32 Å². The van der Waals surface area contributed by atoms with E-state index in [1.54, 1.807) is 0 Å². The van der Waals surface area contributed by atoms with E-state index in [4.69, 9.17) is 9.47 Å². The van der Waals surface area contributed by atoms with Gasteiger partial charge in [0.15, 0.2) is 0 Å². The van der Waals surface area contributed by atoms with Crippen LogP contribution >= 0.6 is 0 Å². The smallest absolute Gasteiger partial charge is 0.230 e. The molecule has 2 saturated heterocycles. The Kier molecular flexibility index (Phi) is 7.92. The van der Waals surface area contributed by atoms with Gasteiger partial charge in [-0.05, 0) is 49.9 Å². The van der Waals surface area contributed by atoms with Gasteiger partial charge in [0, 0.05) is 51.2 Å². The van der Waals surface area contributed by atoms with Crippen LogP contribution in [0.1, 0.15) is 70.6 Å². The van der Waals surface area contributed by atoms with Crippen LogP contribution < -0.4 is 5.32 Å². The molecule has 7 heteroatoms. The van der Waals surface area contributed by atoms with E-state index in [-0.39, 0.29) is 18.4 Å². The van der Waals surface area contributed by atoms with Crippen molar-refractivity contribution in [1.82, 2.24) is 10.2 Å². The summed E-state index contributed by atoms with van der Waals surface area (Å²) < 4.78 is 11.8. The normalized spacial score (nSPS) is 42.4. The van der Waals surface area contributed by atoms with Gasteiger partial charge in [0.2, 0.25) is 5.91 Å². The zero-order chi connectivity index (χ0) is 22.8. The van der Waals surface area contributed by atoms with Crippen LogP contribution in [0.15, 0.2) is 0 Å². The van der Waals surface area contributed by atoms with Crippen molar-refractivity contribution in [3.8, 4) is 0 Å². The number of hydrogen-bond acceptors (Lipinski definition) is 6. The summed E-state index contributed by atoms with van der Waals surface area (Å²) in [4.78, 5) is 15.8. The van der Waals surface area contributed by atoms with Crippen LogP contribution in [-0.4, -0.2) is 84.3 Å². The number of fused-ring (bicyclic) bond motifs is 1. The molecule has 3 aliphatic carbocycles. The van der Waals surface area contributed by atoms with Gasteiger partial charge in [-0.25, -0.2) is 0 Å². The zero-order valence-corrected chi connectivity index (χ0v) is 20.1. The fourth-order valence-electron chi connectivity index (χ4n) is 7.33. The van der Waals surface area contributed by atoms with Gasteiger partial charge in [-0.2, -0.15) is 0 Å². The van der Waals surface area contributed by atoms with E-state index in [1.807, 2.05) is 4.90 Å². The highest BCUT2D eigenvalue weighted by Crippen LogP contribution is 2.39. The summed E-state index contributed by atoms with van der Waals surface area (Å²) >= 11 is 0. The molecule has 5 aliphatic rings. The van der Waals surface area contributed by atoms with Gasteiger partial charge in [0.1, 0.15) is 0 Å². The number of aliphatic hydroxyl groups excluding tert-OH is 2. The van der Waals surface area contributed by atoms with Gasteiger partial charge < -0.3 is 29.9 Å². The number of nitrogens with zero attached hydrogens (tertiary/aromatic N) is 1. The van der Waals surface area contributed by atoms with Gasteiger partial charge in [0.05, 0.1) is 30.8 Å². The molecule has 0 radical (unpaired) electrons. The highest BCUT2D eigenvalue weighted by molar-refractivity contribution is 5.80. The minimum absolute atomic E-state index is 0.0420. The highest BCUT2D eigenvalue weighted by atomic mass is 16.5. The third kappa shape index (κ3) is 5.58. The van der Waals surface area contributed by atoms with Crippen molar-refractivity contribution in [2.24, 2.45) is 23.7 Å². The number of aliphatic hydroxyl groups is 2. The minimum Gasteiger partial charge on any atom is -0.393 e. The molecule has 33 heavy (non-hydrogen) atoms. The lowest BCUT2D eigenvalue weighted by molar-refractivity contribution is -0.158. The van der Waals surface area contributed by atoms with Crippen molar-refractivity contribution in [3.63, 3.8) is 0 Å². The Morgan fingerprint density at radius 2 is 1.85 bits per heavy atom. The second kappa shape index (κ2) is 10.9. The van der Waals surface area contributed by atoms with Crippen LogP contribution in [0, 0.1) is 23.7 Å². The molecule has 0 bridgehead atoms. The first kappa shape index (κ1) is 24.0. The number of amides is 1. The van der Waals surface area contributed by atoms with Crippen LogP contribution in [0.2, 0.25) is 0 Å². The summed E-state index contributed by atoms with van der Waals surface area (Å²) in [7, 11) is 0. The fourth-order valence-corrected chi connectivity index (χ4v) is 7.33. The maximum atomic E-state index is 13.7.